The number of fused-ring (bicyclic) bond motifs is 1. The van der Waals surface area contributed by atoms with E-state index in [0.29, 0.717) is 13.0 Å². The van der Waals surface area contributed by atoms with Gasteiger partial charge in [0.25, 0.3) is 0 Å². The highest BCUT2D eigenvalue weighted by Gasteiger charge is 2.76. The van der Waals surface area contributed by atoms with Crippen LogP contribution in [0.15, 0.2) is 30.3 Å². The molecule has 0 saturated carbocycles. The Bertz CT molecular complexity index is 959. The molecule has 0 radical (unpaired) electrons. The van der Waals surface area contributed by atoms with E-state index in [9.17, 15) is 19.5 Å². The molecule has 3 saturated heterocycles. The summed E-state index contributed by atoms with van der Waals surface area (Å²) in [4.78, 5) is 43.2. The maximum atomic E-state index is 14.3. The lowest BCUT2D eigenvalue weighted by atomic mass is 9.66. The van der Waals surface area contributed by atoms with Crippen LogP contribution in [0.25, 0.3) is 0 Å². The van der Waals surface area contributed by atoms with E-state index in [1.54, 1.807) is 16.7 Å². The molecule has 0 aromatic heterocycles. The van der Waals surface area contributed by atoms with E-state index in [4.69, 9.17) is 0 Å². The first-order chi connectivity index (χ1) is 17.3. The lowest BCUT2D eigenvalue weighted by molar-refractivity contribution is -0.142. The van der Waals surface area contributed by atoms with Crippen LogP contribution < -0.4 is 10.6 Å². The van der Waals surface area contributed by atoms with Crippen molar-refractivity contribution >= 4 is 29.5 Å². The van der Waals surface area contributed by atoms with Gasteiger partial charge in [0, 0.05) is 17.8 Å². The van der Waals surface area contributed by atoms with Crippen molar-refractivity contribution in [3.63, 3.8) is 0 Å². The van der Waals surface area contributed by atoms with Crippen LogP contribution in [0.1, 0.15) is 58.9 Å². The van der Waals surface area contributed by atoms with Gasteiger partial charge in [-0.15, -0.1) is 11.8 Å². The molecule has 3 aliphatic rings. The summed E-state index contributed by atoms with van der Waals surface area (Å²) < 4.78 is -0.671. The molecule has 0 aliphatic carbocycles. The van der Waals surface area contributed by atoms with Gasteiger partial charge in [-0.25, -0.2) is 0 Å². The lowest BCUT2D eigenvalue weighted by Crippen LogP contribution is -2.59. The van der Waals surface area contributed by atoms with Crippen LogP contribution in [0.4, 0.5) is 0 Å². The molecule has 7 nitrogen and oxygen atoms in total. The lowest BCUT2D eigenvalue weighted by Gasteiger charge is -2.40. The van der Waals surface area contributed by atoms with Crippen molar-refractivity contribution in [2.75, 3.05) is 13.2 Å². The number of hydrogen-bond donors (Lipinski definition) is 3. The number of nitrogens with one attached hydrogen (secondary N) is 2. The number of benzene rings is 1. The molecular formula is C28H41N3O4S. The van der Waals surface area contributed by atoms with Crippen molar-refractivity contribution in [1.82, 2.24) is 15.5 Å². The summed E-state index contributed by atoms with van der Waals surface area (Å²) in [5, 5.41) is 16.7. The normalized spacial score (nSPS) is 32.3. The molecular weight excluding hydrogens is 474 g/mol. The number of aliphatic hydroxyl groups is 1. The quantitative estimate of drug-likeness (QED) is 0.421. The van der Waals surface area contributed by atoms with Crippen LogP contribution in [0.3, 0.4) is 0 Å². The van der Waals surface area contributed by atoms with Gasteiger partial charge in [-0.1, -0.05) is 57.5 Å². The highest BCUT2D eigenvalue weighted by Crippen LogP contribution is 2.68. The van der Waals surface area contributed by atoms with E-state index in [2.05, 4.69) is 24.5 Å². The van der Waals surface area contributed by atoms with Crippen molar-refractivity contribution in [1.29, 1.82) is 0 Å². The van der Waals surface area contributed by atoms with Gasteiger partial charge in [0.1, 0.15) is 6.04 Å². The van der Waals surface area contributed by atoms with Gasteiger partial charge in [-0.05, 0) is 44.1 Å². The third-order valence-electron chi connectivity index (χ3n) is 8.31. The summed E-state index contributed by atoms with van der Waals surface area (Å²) >= 11 is 1.68. The molecule has 2 bridgehead atoms. The molecule has 36 heavy (non-hydrogen) atoms. The summed E-state index contributed by atoms with van der Waals surface area (Å²) in [6.07, 6.45) is 3.89. The molecule has 8 heteroatoms. The van der Waals surface area contributed by atoms with Crippen LogP contribution in [-0.2, 0) is 20.8 Å². The Morgan fingerprint density at radius 1 is 1.19 bits per heavy atom. The minimum Gasteiger partial charge on any atom is -0.394 e. The number of likely N-dealkylation sites (tertiary alicyclic amines) is 1. The number of rotatable bonds is 11. The van der Waals surface area contributed by atoms with E-state index >= 15 is 0 Å². The van der Waals surface area contributed by atoms with Gasteiger partial charge in [-0.3, -0.25) is 14.4 Å². The third-order valence-corrected chi connectivity index (χ3v) is 10.4. The highest BCUT2D eigenvalue weighted by atomic mass is 32.2. The summed E-state index contributed by atoms with van der Waals surface area (Å²) in [7, 11) is 0. The third kappa shape index (κ3) is 4.55. The maximum Gasteiger partial charge on any atom is 0.244 e. The molecule has 3 N–H and O–H groups in total. The fraction of sp³-hybridized carbons (Fsp3) is 0.679. The standard InChI is InChI=1S/C28H41N3O4S/c1-5-10-18(4)30-26(34)24-28-17(3)14-21(36-28)22(25(33)29-13-6-2)23(28)27(35)31(24)20(16-32)15-19-11-8-7-9-12-19/h7-9,11-12,17-18,20-24,32H,5-6,10,13-16H2,1-4H3,(H,29,33)(H,30,34)/t17?,18?,20-,21+,22-,23+,24?,28?/m1/s1. The number of hydrogen-bond acceptors (Lipinski definition) is 5. The summed E-state index contributed by atoms with van der Waals surface area (Å²) in [5.41, 5.74) is 1.000. The van der Waals surface area contributed by atoms with Gasteiger partial charge in [-0.2, -0.15) is 0 Å². The van der Waals surface area contributed by atoms with Crippen LogP contribution in [-0.4, -0.2) is 69.0 Å². The second kappa shape index (κ2) is 11.1. The monoisotopic (exact) mass is 515 g/mol. The molecule has 3 heterocycles. The van der Waals surface area contributed by atoms with E-state index in [1.165, 1.54) is 0 Å². The Morgan fingerprint density at radius 2 is 1.92 bits per heavy atom. The maximum absolute atomic E-state index is 14.3. The molecule has 8 atom stereocenters. The molecule has 4 unspecified atom stereocenters. The fourth-order valence-electron chi connectivity index (χ4n) is 6.78. The van der Waals surface area contributed by atoms with Gasteiger partial charge >= 0.3 is 0 Å². The van der Waals surface area contributed by atoms with Crippen LogP contribution in [0, 0.1) is 17.8 Å². The molecule has 1 aromatic carbocycles. The number of aliphatic hydroxyl groups excluding tert-OH is 1. The first-order valence-corrected chi connectivity index (χ1v) is 14.4. The van der Waals surface area contributed by atoms with Crippen molar-refractivity contribution < 1.29 is 19.5 Å². The number of amides is 3. The van der Waals surface area contributed by atoms with Crippen molar-refractivity contribution in [3.05, 3.63) is 35.9 Å². The van der Waals surface area contributed by atoms with Crippen LogP contribution in [0.2, 0.25) is 0 Å². The fourth-order valence-corrected chi connectivity index (χ4v) is 9.19. The first-order valence-electron chi connectivity index (χ1n) is 13.5. The van der Waals surface area contributed by atoms with E-state index in [1.807, 2.05) is 44.2 Å². The average molecular weight is 516 g/mol. The second-order valence-corrected chi connectivity index (χ2v) is 12.4. The Labute approximate surface area is 219 Å². The number of carbonyl (C=O) groups excluding carboxylic acids is 3. The number of nitrogens with zero attached hydrogens (tertiary/aromatic N) is 1. The van der Waals surface area contributed by atoms with Gasteiger partial charge < -0.3 is 20.6 Å². The summed E-state index contributed by atoms with van der Waals surface area (Å²) in [6.45, 7) is 8.54. The largest absolute Gasteiger partial charge is 0.394 e. The number of thioether (sulfide) groups is 1. The summed E-state index contributed by atoms with van der Waals surface area (Å²) in [6, 6.07) is 8.49. The minimum absolute atomic E-state index is 0.0147. The van der Waals surface area contributed by atoms with Crippen molar-refractivity contribution in [3.8, 4) is 0 Å². The smallest absolute Gasteiger partial charge is 0.244 e. The Hall–Kier alpha value is -2.06. The van der Waals surface area contributed by atoms with Crippen LogP contribution >= 0.6 is 11.8 Å². The van der Waals surface area contributed by atoms with Gasteiger partial charge in [0.05, 0.1) is 29.2 Å². The topological polar surface area (TPSA) is 98.7 Å². The molecule has 198 valence electrons. The predicted molar refractivity (Wildman–Crippen MR) is 142 cm³/mol. The van der Waals surface area contributed by atoms with E-state index < -0.39 is 28.7 Å². The van der Waals surface area contributed by atoms with Crippen LogP contribution in [0.5, 0.6) is 0 Å². The van der Waals surface area contributed by atoms with Gasteiger partial charge in [0.2, 0.25) is 17.7 Å². The molecule has 1 spiro atoms. The molecule has 3 aliphatic heterocycles. The zero-order chi connectivity index (χ0) is 26.0. The molecule has 3 amide bonds. The van der Waals surface area contributed by atoms with Gasteiger partial charge in [0.15, 0.2) is 0 Å². The Kier molecular flexibility index (Phi) is 8.35. The SMILES string of the molecule is CCCNC(=O)[C@@H]1[C@@H]2CC(C)C3(S2)C(C(=O)NC(C)CCC)N([C@@H](CO)Cc2ccccc2)C(=O)[C@H]13. The zero-order valence-electron chi connectivity index (χ0n) is 21.9. The summed E-state index contributed by atoms with van der Waals surface area (Å²) in [5.74, 6) is -1.30. The minimum atomic E-state index is -0.718. The van der Waals surface area contributed by atoms with E-state index in [0.717, 1.165) is 31.2 Å². The average Bonchev–Trinajstić information content (AvgIpc) is 3.45. The molecule has 3 fully saturated rings. The highest BCUT2D eigenvalue weighted by molar-refractivity contribution is 8.02. The first kappa shape index (κ1) is 27.0. The number of carbonyl (C=O) groups is 3. The van der Waals surface area contributed by atoms with Crippen molar-refractivity contribution in [2.24, 2.45) is 17.8 Å². The van der Waals surface area contributed by atoms with Crippen molar-refractivity contribution in [2.45, 2.75) is 87.9 Å². The Morgan fingerprint density at radius 3 is 2.56 bits per heavy atom. The predicted octanol–water partition coefficient (Wildman–Crippen LogP) is 2.76. The Balaban J connectivity index is 1.74. The molecule has 4 rings (SSSR count). The second-order valence-electron chi connectivity index (χ2n) is 10.8. The zero-order valence-corrected chi connectivity index (χ0v) is 22.7. The molecule has 1 aromatic rings. The van der Waals surface area contributed by atoms with E-state index in [-0.39, 0.29) is 41.5 Å².